The van der Waals surface area contributed by atoms with Crippen molar-refractivity contribution in [2.24, 2.45) is 0 Å². The number of aryl methyl sites for hydroxylation is 1. The molecule has 4 N–H and O–H groups in total. The fourth-order valence-electron chi connectivity index (χ4n) is 3.46. The van der Waals surface area contributed by atoms with Gasteiger partial charge in [-0.1, -0.05) is 6.07 Å². The number of benzene rings is 1. The molecule has 3 heterocycles. The number of nitrogens with zero attached hydrogens (tertiary/aromatic N) is 1. The van der Waals surface area contributed by atoms with E-state index in [2.05, 4.69) is 4.98 Å². The average molecular weight is 415 g/mol. The van der Waals surface area contributed by atoms with Crippen LogP contribution in [0.25, 0.3) is 22.2 Å². The normalized spacial score (nSPS) is 26.6. The second-order valence-corrected chi connectivity index (χ2v) is 7.05. The molecular weight excluding hydrogens is 394 g/mol. The third-order valence-electron chi connectivity index (χ3n) is 5.06. The van der Waals surface area contributed by atoms with Crippen LogP contribution in [-0.2, 0) is 4.74 Å². The summed E-state index contributed by atoms with van der Waals surface area (Å²) >= 11 is 0. The first kappa shape index (κ1) is 20.5. The third kappa shape index (κ3) is 3.57. The Morgan fingerprint density at radius 2 is 1.90 bits per heavy atom. The van der Waals surface area contributed by atoms with Gasteiger partial charge in [0.05, 0.1) is 23.3 Å². The average Bonchev–Trinajstić information content (AvgIpc) is 2.74. The number of aromatic nitrogens is 1. The second-order valence-electron chi connectivity index (χ2n) is 7.05. The molecule has 2 aromatic heterocycles. The fourth-order valence-corrected chi connectivity index (χ4v) is 3.46. The van der Waals surface area contributed by atoms with E-state index in [0.717, 1.165) is 0 Å². The predicted molar refractivity (Wildman–Crippen MR) is 105 cm³/mol. The molecule has 0 radical (unpaired) electrons. The molecule has 1 fully saturated rings. The number of pyridine rings is 1. The van der Waals surface area contributed by atoms with Gasteiger partial charge in [-0.2, -0.15) is 0 Å². The Bertz CT molecular complexity index is 1100. The maximum absolute atomic E-state index is 13.0. The molecule has 0 amide bonds. The van der Waals surface area contributed by atoms with E-state index < -0.39 is 37.3 Å². The first-order valence-corrected chi connectivity index (χ1v) is 9.36. The molecule has 0 unspecified atom stereocenters. The first-order chi connectivity index (χ1) is 14.4. The van der Waals surface area contributed by atoms with Crippen molar-refractivity contribution in [3.63, 3.8) is 0 Å². The number of fused-ring (bicyclic) bond motifs is 1. The molecule has 30 heavy (non-hydrogen) atoms. The highest BCUT2D eigenvalue weighted by atomic mass is 16.7. The second kappa shape index (κ2) is 8.13. The van der Waals surface area contributed by atoms with E-state index in [1.54, 1.807) is 31.3 Å². The Kier molecular flexibility index (Phi) is 5.54. The Morgan fingerprint density at radius 3 is 2.60 bits per heavy atom. The molecule has 9 nitrogen and oxygen atoms in total. The summed E-state index contributed by atoms with van der Waals surface area (Å²) in [5.41, 5.74) is 0.893. The Hall–Kier alpha value is -2.82. The van der Waals surface area contributed by atoms with E-state index in [4.69, 9.17) is 13.9 Å². The highest BCUT2D eigenvalue weighted by Crippen LogP contribution is 2.28. The van der Waals surface area contributed by atoms with Gasteiger partial charge < -0.3 is 34.3 Å². The minimum atomic E-state index is -1.55. The highest BCUT2D eigenvalue weighted by molar-refractivity contribution is 5.83. The van der Waals surface area contributed by atoms with Gasteiger partial charge in [0.2, 0.25) is 11.7 Å². The van der Waals surface area contributed by atoms with Crippen LogP contribution in [-0.4, -0.2) is 62.7 Å². The topological polar surface area (TPSA) is 142 Å². The maximum atomic E-state index is 13.0. The van der Waals surface area contributed by atoms with Gasteiger partial charge in [-0.15, -0.1) is 0 Å². The zero-order valence-corrected chi connectivity index (χ0v) is 16.0. The molecule has 0 saturated carbocycles. The quantitative estimate of drug-likeness (QED) is 0.474. The number of hydrogen-bond donors (Lipinski definition) is 4. The van der Waals surface area contributed by atoms with E-state index >= 15 is 0 Å². The van der Waals surface area contributed by atoms with Crippen LogP contribution >= 0.6 is 0 Å². The molecule has 1 saturated heterocycles. The predicted octanol–water partition coefficient (Wildman–Crippen LogP) is 0.342. The Morgan fingerprint density at radius 1 is 1.10 bits per heavy atom. The monoisotopic (exact) mass is 415 g/mol. The number of aliphatic hydroxyl groups is 4. The van der Waals surface area contributed by atoms with Crippen LogP contribution in [0, 0.1) is 6.92 Å². The number of rotatable bonds is 4. The van der Waals surface area contributed by atoms with Crippen molar-refractivity contribution in [2.45, 2.75) is 37.6 Å². The smallest absolute Gasteiger partial charge is 0.229 e. The van der Waals surface area contributed by atoms with Crippen molar-refractivity contribution in [3.8, 4) is 17.0 Å². The van der Waals surface area contributed by atoms with Crippen LogP contribution in [0.4, 0.5) is 0 Å². The van der Waals surface area contributed by atoms with Crippen molar-refractivity contribution in [1.82, 2.24) is 4.98 Å². The van der Waals surface area contributed by atoms with Gasteiger partial charge in [0.25, 0.3) is 0 Å². The van der Waals surface area contributed by atoms with Crippen LogP contribution in [0.3, 0.4) is 0 Å². The summed E-state index contributed by atoms with van der Waals surface area (Å²) in [5.74, 6) is 0.594. The molecule has 1 aromatic carbocycles. The first-order valence-electron chi connectivity index (χ1n) is 9.36. The van der Waals surface area contributed by atoms with E-state index in [9.17, 15) is 25.2 Å². The SMILES string of the molecule is Cc1oc2cc(O[C@@H]3O[C@H](CO)[C@H](O)[C@@H](O)[C@H]3O)ccc2c(=O)c1-c1ccccn1. The summed E-state index contributed by atoms with van der Waals surface area (Å²) in [7, 11) is 0. The van der Waals surface area contributed by atoms with Crippen LogP contribution in [0.2, 0.25) is 0 Å². The lowest BCUT2D eigenvalue weighted by Crippen LogP contribution is -2.60. The molecule has 0 bridgehead atoms. The molecule has 0 spiro atoms. The minimum absolute atomic E-state index is 0.208. The summed E-state index contributed by atoms with van der Waals surface area (Å²) in [6, 6.07) is 9.74. The van der Waals surface area contributed by atoms with Crippen molar-refractivity contribution < 1.29 is 34.3 Å². The van der Waals surface area contributed by atoms with Gasteiger partial charge in [-0.3, -0.25) is 9.78 Å². The summed E-state index contributed by atoms with van der Waals surface area (Å²) in [6.45, 7) is 1.10. The molecule has 0 aliphatic carbocycles. The largest absolute Gasteiger partial charge is 0.462 e. The number of aliphatic hydroxyl groups excluding tert-OH is 4. The van der Waals surface area contributed by atoms with Crippen molar-refractivity contribution >= 4 is 11.0 Å². The minimum Gasteiger partial charge on any atom is -0.462 e. The third-order valence-corrected chi connectivity index (χ3v) is 5.06. The van der Waals surface area contributed by atoms with Gasteiger partial charge in [0.1, 0.15) is 41.5 Å². The van der Waals surface area contributed by atoms with Crippen molar-refractivity contribution in [2.75, 3.05) is 6.61 Å². The zero-order chi connectivity index (χ0) is 21.4. The lowest BCUT2D eigenvalue weighted by atomic mass is 9.99. The lowest BCUT2D eigenvalue weighted by Gasteiger charge is -2.39. The molecule has 9 heteroatoms. The highest BCUT2D eigenvalue weighted by Gasteiger charge is 2.44. The molecule has 5 atom stereocenters. The van der Waals surface area contributed by atoms with Crippen LogP contribution in [0.1, 0.15) is 5.76 Å². The van der Waals surface area contributed by atoms with Gasteiger partial charge in [0.15, 0.2) is 0 Å². The molecular formula is C21H21NO8. The van der Waals surface area contributed by atoms with Gasteiger partial charge in [-0.25, -0.2) is 0 Å². The van der Waals surface area contributed by atoms with Crippen molar-refractivity contribution in [1.29, 1.82) is 0 Å². The standard InChI is InChI=1S/C21H21NO8/c1-10-16(13-4-2-3-7-22-13)17(24)12-6-5-11(8-14(12)28-10)29-21-20(27)19(26)18(25)15(9-23)30-21/h2-8,15,18-21,23,25-27H,9H2,1H3/t15-,18+,19-,20-,21-/m1/s1. The summed E-state index contributed by atoms with van der Waals surface area (Å²) in [4.78, 5) is 17.2. The lowest BCUT2D eigenvalue weighted by molar-refractivity contribution is -0.277. The summed E-state index contributed by atoms with van der Waals surface area (Å²) in [6.07, 6.45) is -5.41. The van der Waals surface area contributed by atoms with Crippen LogP contribution in [0.5, 0.6) is 5.75 Å². The van der Waals surface area contributed by atoms with Crippen molar-refractivity contribution in [3.05, 3.63) is 58.6 Å². The number of hydrogen-bond acceptors (Lipinski definition) is 9. The van der Waals surface area contributed by atoms with Crippen LogP contribution in [0.15, 0.2) is 51.8 Å². The Labute approximate surface area is 170 Å². The molecule has 3 aromatic rings. The summed E-state index contributed by atoms with van der Waals surface area (Å²) < 4.78 is 16.7. The van der Waals surface area contributed by atoms with E-state index in [-0.39, 0.29) is 16.8 Å². The number of ether oxygens (including phenoxy) is 2. The van der Waals surface area contributed by atoms with Gasteiger partial charge in [-0.05, 0) is 31.2 Å². The maximum Gasteiger partial charge on any atom is 0.229 e. The van der Waals surface area contributed by atoms with E-state index in [1.807, 2.05) is 0 Å². The molecule has 4 rings (SSSR count). The zero-order valence-electron chi connectivity index (χ0n) is 16.0. The fraction of sp³-hybridized carbons (Fsp3) is 0.333. The molecule has 1 aliphatic heterocycles. The van der Waals surface area contributed by atoms with E-state index in [0.29, 0.717) is 22.4 Å². The van der Waals surface area contributed by atoms with Crippen LogP contribution < -0.4 is 10.2 Å². The summed E-state index contributed by atoms with van der Waals surface area (Å²) in [5, 5.41) is 39.5. The van der Waals surface area contributed by atoms with Gasteiger partial charge >= 0.3 is 0 Å². The Balaban J connectivity index is 1.67. The molecule has 1 aliphatic rings. The van der Waals surface area contributed by atoms with Gasteiger partial charge in [0, 0.05) is 12.3 Å². The molecule has 158 valence electrons. The van der Waals surface area contributed by atoms with E-state index in [1.165, 1.54) is 18.2 Å².